The van der Waals surface area contributed by atoms with Crippen molar-refractivity contribution in [3.63, 3.8) is 0 Å². The second kappa shape index (κ2) is 4.73. The lowest BCUT2D eigenvalue weighted by Gasteiger charge is -2.54. The van der Waals surface area contributed by atoms with Crippen LogP contribution >= 0.6 is 0 Å². The summed E-state index contributed by atoms with van der Waals surface area (Å²) < 4.78 is 16.4. The number of rotatable bonds is 2. The number of ether oxygens (including phenoxy) is 3. The highest BCUT2D eigenvalue weighted by Crippen LogP contribution is 2.68. The van der Waals surface area contributed by atoms with Gasteiger partial charge in [-0.05, 0) is 19.8 Å². The first-order valence-electron chi connectivity index (χ1n) is 8.54. The molecule has 0 unspecified atom stereocenters. The van der Waals surface area contributed by atoms with Gasteiger partial charge in [-0.2, -0.15) is 0 Å². The number of hydrogen-bond donors (Lipinski definition) is 2. The first-order chi connectivity index (χ1) is 11.6. The maximum atomic E-state index is 12.7. The Morgan fingerprint density at radius 3 is 2.60 bits per heavy atom. The van der Waals surface area contributed by atoms with Crippen LogP contribution in [0, 0.1) is 23.2 Å². The Labute approximate surface area is 144 Å². The average molecular weight is 354 g/mol. The molecule has 2 aliphatic carbocycles. The van der Waals surface area contributed by atoms with E-state index < -0.39 is 71.1 Å². The molecule has 8 nitrogen and oxygen atoms in total. The molecular weight excluding hydrogens is 332 g/mol. The molecule has 2 N–H and O–H groups in total. The predicted octanol–water partition coefficient (Wildman–Crippen LogP) is -0.455. The first-order valence-corrected chi connectivity index (χ1v) is 8.54. The van der Waals surface area contributed by atoms with Crippen LogP contribution in [-0.2, 0) is 28.6 Å². The van der Waals surface area contributed by atoms with Crippen molar-refractivity contribution in [3.05, 3.63) is 0 Å². The zero-order valence-corrected chi connectivity index (χ0v) is 14.4. The highest BCUT2D eigenvalue weighted by Gasteiger charge is 2.81. The number of fused-ring (bicyclic) bond motifs is 2. The minimum absolute atomic E-state index is 0.254. The fourth-order valence-electron chi connectivity index (χ4n) is 5.81. The summed E-state index contributed by atoms with van der Waals surface area (Å²) in [5.41, 5.74) is -3.89. The molecule has 8 atom stereocenters. The maximum absolute atomic E-state index is 12.7. The van der Waals surface area contributed by atoms with Gasteiger partial charge < -0.3 is 24.4 Å². The van der Waals surface area contributed by atoms with Crippen molar-refractivity contribution in [3.8, 4) is 0 Å². The summed E-state index contributed by atoms with van der Waals surface area (Å²) in [6.45, 7) is 4.00. The molecule has 4 rings (SSSR count). The molecule has 4 aliphatic rings. The lowest BCUT2D eigenvalue weighted by atomic mass is 9.52. The van der Waals surface area contributed by atoms with E-state index in [0.717, 1.165) is 0 Å². The topological polar surface area (TPSA) is 119 Å². The van der Waals surface area contributed by atoms with Gasteiger partial charge >= 0.3 is 17.9 Å². The third kappa shape index (κ3) is 1.72. The molecular formula is C17H22O8. The van der Waals surface area contributed by atoms with Gasteiger partial charge in [0.25, 0.3) is 0 Å². The third-order valence-electron chi connectivity index (χ3n) is 7.02. The van der Waals surface area contributed by atoms with Crippen LogP contribution in [0.1, 0.15) is 33.6 Å². The van der Waals surface area contributed by atoms with Crippen LogP contribution in [0.2, 0.25) is 0 Å². The molecule has 25 heavy (non-hydrogen) atoms. The largest absolute Gasteiger partial charge is 0.458 e. The summed E-state index contributed by atoms with van der Waals surface area (Å²) >= 11 is 0. The molecule has 138 valence electrons. The number of esters is 3. The number of carbonyl (C=O) groups excluding carboxylic acids is 3. The van der Waals surface area contributed by atoms with E-state index in [9.17, 15) is 24.6 Å². The van der Waals surface area contributed by atoms with E-state index in [1.807, 2.05) is 0 Å². The Morgan fingerprint density at radius 2 is 2.00 bits per heavy atom. The van der Waals surface area contributed by atoms with Crippen molar-refractivity contribution in [1.29, 1.82) is 0 Å². The van der Waals surface area contributed by atoms with Gasteiger partial charge in [0, 0.05) is 6.92 Å². The van der Waals surface area contributed by atoms with Crippen molar-refractivity contribution in [1.82, 2.24) is 0 Å². The van der Waals surface area contributed by atoms with Gasteiger partial charge in [0.2, 0.25) is 0 Å². The van der Waals surface area contributed by atoms with Crippen molar-refractivity contribution in [2.24, 2.45) is 23.2 Å². The van der Waals surface area contributed by atoms with Crippen LogP contribution < -0.4 is 0 Å². The van der Waals surface area contributed by atoms with Crippen LogP contribution in [0.4, 0.5) is 0 Å². The fourth-order valence-corrected chi connectivity index (χ4v) is 5.81. The molecule has 2 aliphatic heterocycles. The van der Waals surface area contributed by atoms with Gasteiger partial charge in [0.15, 0.2) is 0 Å². The van der Waals surface area contributed by atoms with E-state index in [1.54, 1.807) is 13.8 Å². The summed E-state index contributed by atoms with van der Waals surface area (Å²) in [6.07, 6.45) is -1.21. The van der Waals surface area contributed by atoms with E-state index in [2.05, 4.69) is 0 Å². The molecule has 8 heteroatoms. The average Bonchev–Trinajstić information content (AvgIpc) is 3.06. The van der Waals surface area contributed by atoms with E-state index in [4.69, 9.17) is 14.2 Å². The Balaban J connectivity index is 1.92. The number of carbonyl (C=O) groups is 3. The molecule has 2 heterocycles. The van der Waals surface area contributed by atoms with Crippen LogP contribution in [0.15, 0.2) is 0 Å². The summed E-state index contributed by atoms with van der Waals surface area (Å²) in [5.74, 6) is -4.03. The number of aliphatic hydroxyl groups is 2. The summed E-state index contributed by atoms with van der Waals surface area (Å²) in [4.78, 5) is 36.7. The Hall–Kier alpha value is -1.67. The molecule has 0 amide bonds. The van der Waals surface area contributed by atoms with Crippen LogP contribution in [0.3, 0.4) is 0 Å². The maximum Gasteiger partial charge on any atom is 0.313 e. The number of cyclic esters (lactones) is 1. The second-order valence-corrected chi connectivity index (χ2v) is 8.13. The molecule has 0 aromatic carbocycles. The Kier molecular flexibility index (Phi) is 3.18. The van der Waals surface area contributed by atoms with E-state index in [-0.39, 0.29) is 6.42 Å². The fraction of sp³-hybridized carbons (Fsp3) is 0.824. The molecule has 0 radical (unpaired) electrons. The van der Waals surface area contributed by atoms with Crippen molar-refractivity contribution in [2.75, 3.05) is 6.61 Å². The molecule has 0 spiro atoms. The predicted molar refractivity (Wildman–Crippen MR) is 79.8 cm³/mol. The normalized spacial score (nSPS) is 53.1. The monoisotopic (exact) mass is 354 g/mol. The van der Waals surface area contributed by atoms with Gasteiger partial charge in [-0.3, -0.25) is 14.4 Å². The van der Waals surface area contributed by atoms with Gasteiger partial charge in [-0.1, -0.05) is 6.92 Å². The molecule has 0 bridgehead atoms. The van der Waals surface area contributed by atoms with Gasteiger partial charge in [-0.15, -0.1) is 0 Å². The zero-order valence-electron chi connectivity index (χ0n) is 14.4. The Morgan fingerprint density at radius 1 is 1.32 bits per heavy atom. The molecule has 2 saturated carbocycles. The summed E-state index contributed by atoms with van der Waals surface area (Å²) in [5, 5.41) is 21.4. The first kappa shape index (κ1) is 16.8. The number of hydrogen-bond acceptors (Lipinski definition) is 8. The van der Waals surface area contributed by atoms with Crippen molar-refractivity contribution in [2.45, 2.75) is 57.0 Å². The molecule has 4 fully saturated rings. The molecule has 0 aromatic rings. The summed E-state index contributed by atoms with van der Waals surface area (Å²) in [7, 11) is 0. The van der Waals surface area contributed by atoms with E-state index in [1.165, 1.54) is 6.92 Å². The third-order valence-corrected chi connectivity index (χ3v) is 7.02. The van der Waals surface area contributed by atoms with Crippen LogP contribution in [-0.4, -0.2) is 58.1 Å². The lowest BCUT2D eigenvalue weighted by Crippen LogP contribution is -2.69. The minimum atomic E-state index is -1.51. The SMILES string of the molecule is CC(=O)O[C@@H]1[C@@H]2[C@H](C(=O)O[C@]2(C)CO)[C@]2(O)CC[C@@H]3C(=O)O[C@H]1[C@@]32C. The van der Waals surface area contributed by atoms with E-state index >= 15 is 0 Å². The quantitative estimate of drug-likeness (QED) is 0.505. The summed E-state index contributed by atoms with van der Waals surface area (Å²) in [6, 6.07) is 0. The standard InChI is InChI=1S/C17H22O8/c1-7(19)23-11-9-10(14(21)25-15(9,2)6-18)17(22)5-4-8-13(20)24-12(11)16(8,17)3/h8-12,18,22H,4-6H2,1-3H3/t8-,9+,10-,11-,12-,15-,16-,17-/m1/s1. The van der Waals surface area contributed by atoms with E-state index in [0.29, 0.717) is 6.42 Å². The smallest absolute Gasteiger partial charge is 0.313 e. The zero-order chi connectivity index (χ0) is 18.4. The van der Waals surface area contributed by atoms with Crippen LogP contribution in [0.25, 0.3) is 0 Å². The second-order valence-electron chi connectivity index (χ2n) is 8.13. The highest BCUT2D eigenvalue weighted by atomic mass is 16.6. The van der Waals surface area contributed by atoms with Crippen LogP contribution in [0.5, 0.6) is 0 Å². The molecule has 2 saturated heterocycles. The van der Waals surface area contributed by atoms with Gasteiger partial charge in [0.05, 0.1) is 35.4 Å². The Bertz CT molecular complexity index is 676. The number of aliphatic hydroxyl groups excluding tert-OH is 1. The molecule has 0 aromatic heterocycles. The minimum Gasteiger partial charge on any atom is -0.458 e. The lowest BCUT2D eigenvalue weighted by molar-refractivity contribution is -0.234. The highest BCUT2D eigenvalue weighted by molar-refractivity contribution is 5.83. The van der Waals surface area contributed by atoms with Gasteiger partial charge in [-0.25, -0.2) is 0 Å². The van der Waals surface area contributed by atoms with Crippen molar-refractivity contribution < 1.29 is 38.8 Å². The van der Waals surface area contributed by atoms with Gasteiger partial charge in [0.1, 0.15) is 17.8 Å². The van der Waals surface area contributed by atoms with Crippen molar-refractivity contribution >= 4 is 17.9 Å².